The molecule has 3 N–H and O–H groups in total. The van der Waals surface area contributed by atoms with Crippen LogP contribution in [0.5, 0.6) is 11.5 Å². The maximum Gasteiger partial charge on any atom is 0.241 e. The summed E-state index contributed by atoms with van der Waals surface area (Å²) in [5.41, 5.74) is 7.39. The second kappa shape index (κ2) is 6.43. The average molecular weight is 266 g/mol. The molecule has 0 bridgehead atoms. The predicted molar refractivity (Wildman–Crippen MR) is 75.7 cm³/mol. The van der Waals surface area contributed by atoms with Gasteiger partial charge in [-0.2, -0.15) is 0 Å². The molecule has 1 aromatic carbocycles. The standard InChI is InChI=1S/C14H22N2O3/c1-8(2)13(15)14(17)16-10-7-12(19-5)11(18-4)6-9(10)3/h6-8,13H,15H2,1-5H3,(H,16,17)/t13-/m0/s1. The fraction of sp³-hybridized carbons (Fsp3) is 0.500. The molecule has 0 radical (unpaired) electrons. The monoisotopic (exact) mass is 266 g/mol. The number of carbonyl (C=O) groups excluding carboxylic acids is 1. The van der Waals surface area contributed by atoms with Crippen molar-refractivity contribution in [3.8, 4) is 11.5 Å². The molecule has 0 aromatic heterocycles. The highest BCUT2D eigenvalue weighted by molar-refractivity contribution is 5.95. The van der Waals surface area contributed by atoms with Gasteiger partial charge in [-0.1, -0.05) is 13.8 Å². The highest BCUT2D eigenvalue weighted by Gasteiger charge is 2.18. The van der Waals surface area contributed by atoms with E-state index >= 15 is 0 Å². The molecule has 0 fully saturated rings. The lowest BCUT2D eigenvalue weighted by Gasteiger charge is -2.18. The van der Waals surface area contributed by atoms with Gasteiger partial charge in [0.25, 0.3) is 0 Å². The van der Waals surface area contributed by atoms with E-state index in [1.54, 1.807) is 20.3 Å². The molecule has 0 unspecified atom stereocenters. The van der Waals surface area contributed by atoms with E-state index in [-0.39, 0.29) is 11.8 Å². The largest absolute Gasteiger partial charge is 0.493 e. The molecule has 1 aromatic rings. The molecule has 5 nitrogen and oxygen atoms in total. The van der Waals surface area contributed by atoms with E-state index in [1.807, 2.05) is 26.8 Å². The van der Waals surface area contributed by atoms with Crippen molar-refractivity contribution in [1.29, 1.82) is 0 Å². The Kier molecular flexibility index (Phi) is 5.18. The summed E-state index contributed by atoms with van der Waals surface area (Å²) in [6.45, 7) is 5.70. The maximum absolute atomic E-state index is 12.0. The van der Waals surface area contributed by atoms with Crippen LogP contribution in [-0.4, -0.2) is 26.2 Å². The zero-order chi connectivity index (χ0) is 14.6. The van der Waals surface area contributed by atoms with Crippen molar-refractivity contribution in [3.05, 3.63) is 17.7 Å². The molecular formula is C14H22N2O3. The molecule has 5 heteroatoms. The van der Waals surface area contributed by atoms with E-state index < -0.39 is 6.04 Å². The van der Waals surface area contributed by atoms with Crippen LogP contribution in [0.25, 0.3) is 0 Å². The third-order valence-corrected chi connectivity index (χ3v) is 3.01. The Morgan fingerprint density at radius 2 is 1.74 bits per heavy atom. The Balaban J connectivity index is 2.99. The second-order valence-electron chi connectivity index (χ2n) is 4.78. The number of ether oxygens (including phenoxy) is 2. The van der Waals surface area contributed by atoms with Gasteiger partial charge in [0.2, 0.25) is 5.91 Å². The van der Waals surface area contributed by atoms with Crippen LogP contribution in [0, 0.1) is 12.8 Å². The fourth-order valence-corrected chi connectivity index (χ4v) is 1.63. The topological polar surface area (TPSA) is 73.6 Å². The van der Waals surface area contributed by atoms with Crippen LogP contribution in [0.3, 0.4) is 0 Å². The number of methoxy groups -OCH3 is 2. The van der Waals surface area contributed by atoms with Gasteiger partial charge in [0, 0.05) is 11.8 Å². The third-order valence-electron chi connectivity index (χ3n) is 3.01. The van der Waals surface area contributed by atoms with Crippen molar-refractivity contribution in [2.24, 2.45) is 11.7 Å². The molecule has 0 aliphatic carbocycles. The minimum absolute atomic E-state index is 0.0838. The van der Waals surface area contributed by atoms with Gasteiger partial charge in [-0.3, -0.25) is 4.79 Å². The molecule has 1 atom stereocenters. The van der Waals surface area contributed by atoms with Gasteiger partial charge in [0.1, 0.15) is 0 Å². The first-order valence-corrected chi connectivity index (χ1v) is 6.19. The Morgan fingerprint density at radius 1 is 1.21 bits per heavy atom. The normalized spacial score (nSPS) is 12.2. The van der Waals surface area contributed by atoms with Gasteiger partial charge in [-0.25, -0.2) is 0 Å². The summed E-state index contributed by atoms with van der Waals surface area (Å²) in [6.07, 6.45) is 0. The molecule has 19 heavy (non-hydrogen) atoms. The average Bonchev–Trinajstić information content (AvgIpc) is 2.39. The van der Waals surface area contributed by atoms with Crippen LogP contribution in [0.1, 0.15) is 19.4 Å². The van der Waals surface area contributed by atoms with Gasteiger partial charge >= 0.3 is 0 Å². The van der Waals surface area contributed by atoms with Gasteiger partial charge in [0.05, 0.1) is 20.3 Å². The summed E-state index contributed by atoms with van der Waals surface area (Å²) < 4.78 is 10.4. The van der Waals surface area contributed by atoms with Gasteiger partial charge < -0.3 is 20.5 Å². The van der Waals surface area contributed by atoms with E-state index in [4.69, 9.17) is 15.2 Å². The number of hydrogen-bond acceptors (Lipinski definition) is 4. The second-order valence-corrected chi connectivity index (χ2v) is 4.78. The van der Waals surface area contributed by atoms with Gasteiger partial charge in [-0.15, -0.1) is 0 Å². The van der Waals surface area contributed by atoms with Crippen molar-refractivity contribution in [2.45, 2.75) is 26.8 Å². The molecule has 106 valence electrons. The number of rotatable bonds is 5. The smallest absolute Gasteiger partial charge is 0.241 e. The Labute approximate surface area is 114 Å². The Hall–Kier alpha value is -1.75. The molecule has 0 saturated heterocycles. The molecule has 1 rings (SSSR count). The number of hydrogen-bond donors (Lipinski definition) is 2. The first-order chi connectivity index (χ1) is 8.90. The predicted octanol–water partition coefficient (Wildman–Crippen LogP) is 1.93. The minimum atomic E-state index is -0.535. The number of amides is 1. The molecule has 1 amide bonds. The summed E-state index contributed by atoms with van der Waals surface area (Å²) in [6, 6.07) is 3.02. The summed E-state index contributed by atoms with van der Waals surface area (Å²) in [5, 5.41) is 2.82. The first-order valence-electron chi connectivity index (χ1n) is 6.19. The molecule has 0 saturated carbocycles. The Morgan fingerprint density at radius 3 is 2.21 bits per heavy atom. The molecule has 0 aliphatic rings. The van der Waals surface area contributed by atoms with Crippen molar-refractivity contribution in [3.63, 3.8) is 0 Å². The molecule has 0 heterocycles. The summed E-state index contributed by atoms with van der Waals surface area (Å²) in [7, 11) is 3.13. The van der Waals surface area contributed by atoms with Crippen LogP contribution in [-0.2, 0) is 4.79 Å². The molecular weight excluding hydrogens is 244 g/mol. The van der Waals surface area contributed by atoms with E-state index in [9.17, 15) is 4.79 Å². The quantitative estimate of drug-likeness (QED) is 0.854. The number of nitrogens with one attached hydrogen (secondary N) is 1. The zero-order valence-electron chi connectivity index (χ0n) is 12.1. The number of carbonyl (C=O) groups is 1. The van der Waals surface area contributed by atoms with Crippen LogP contribution in [0.2, 0.25) is 0 Å². The van der Waals surface area contributed by atoms with E-state index in [1.165, 1.54) is 0 Å². The van der Waals surface area contributed by atoms with Crippen LogP contribution in [0.15, 0.2) is 12.1 Å². The summed E-state index contributed by atoms with van der Waals surface area (Å²) in [5.74, 6) is 1.08. The maximum atomic E-state index is 12.0. The number of benzene rings is 1. The molecule has 0 spiro atoms. The minimum Gasteiger partial charge on any atom is -0.493 e. The molecule has 0 aliphatic heterocycles. The highest BCUT2D eigenvalue weighted by atomic mass is 16.5. The Bertz CT molecular complexity index is 458. The number of aryl methyl sites for hydroxylation is 1. The van der Waals surface area contributed by atoms with Crippen molar-refractivity contribution in [2.75, 3.05) is 19.5 Å². The summed E-state index contributed by atoms with van der Waals surface area (Å²) in [4.78, 5) is 12.0. The van der Waals surface area contributed by atoms with Crippen molar-refractivity contribution in [1.82, 2.24) is 0 Å². The van der Waals surface area contributed by atoms with Gasteiger partial charge in [-0.05, 0) is 24.5 Å². The van der Waals surface area contributed by atoms with Crippen molar-refractivity contribution < 1.29 is 14.3 Å². The van der Waals surface area contributed by atoms with Crippen LogP contribution in [0.4, 0.5) is 5.69 Å². The zero-order valence-corrected chi connectivity index (χ0v) is 12.1. The highest BCUT2D eigenvalue weighted by Crippen LogP contribution is 2.32. The van der Waals surface area contributed by atoms with E-state index in [0.29, 0.717) is 17.2 Å². The van der Waals surface area contributed by atoms with Crippen molar-refractivity contribution >= 4 is 11.6 Å². The SMILES string of the molecule is COc1cc(C)c(NC(=O)[C@@H](N)C(C)C)cc1OC. The third kappa shape index (κ3) is 3.61. The fourth-order valence-electron chi connectivity index (χ4n) is 1.63. The van der Waals surface area contributed by atoms with E-state index in [0.717, 1.165) is 5.56 Å². The van der Waals surface area contributed by atoms with Gasteiger partial charge in [0.15, 0.2) is 11.5 Å². The van der Waals surface area contributed by atoms with Crippen LogP contribution < -0.4 is 20.5 Å². The number of anilines is 1. The lowest BCUT2D eigenvalue weighted by atomic mass is 10.0. The lowest BCUT2D eigenvalue weighted by Crippen LogP contribution is -2.39. The summed E-state index contributed by atoms with van der Waals surface area (Å²) >= 11 is 0. The lowest BCUT2D eigenvalue weighted by molar-refractivity contribution is -0.118. The first kappa shape index (κ1) is 15.3. The van der Waals surface area contributed by atoms with Crippen LogP contribution >= 0.6 is 0 Å². The van der Waals surface area contributed by atoms with E-state index in [2.05, 4.69) is 5.32 Å². The number of nitrogens with two attached hydrogens (primary N) is 1.